The van der Waals surface area contributed by atoms with Gasteiger partial charge in [0, 0.05) is 31.5 Å². The maximum absolute atomic E-state index is 11.5. The Morgan fingerprint density at radius 3 is 2.29 bits per heavy atom. The smallest absolute Gasteiger partial charge is 0.136 e. The molecule has 2 bridgehead atoms. The molecular weight excluding hydrogens is 174 g/mol. The summed E-state index contributed by atoms with van der Waals surface area (Å²) in [6.07, 6.45) is 8.47. The molecule has 3 rings (SSSR count). The van der Waals surface area contributed by atoms with Gasteiger partial charge in [0.05, 0.1) is 0 Å². The quantitative estimate of drug-likeness (QED) is 0.668. The molecule has 2 aliphatic heterocycles. The van der Waals surface area contributed by atoms with Crippen LogP contribution in [0.3, 0.4) is 0 Å². The van der Waals surface area contributed by atoms with Gasteiger partial charge in [-0.1, -0.05) is 6.42 Å². The van der Waals surface area contributed by atoms with Gasteiger partial charge in [-0.3, -0.25) is 9.69 Å². The van der Waals surface area contributed by atoms with Crippen molar-refractivity contribution in [2.75, 3.05) is 6.54 Å². The minimum atomic E-state index is 0.520. The van der Waals surface area contributed by atoms with E-state index in [1.165, 1.54) is 38.6 Å². The van der Waals surface area contributed by atoms with Crippen molar-refractivity contribution in [3.63, 3.8) is 0 Å². The van der Waals surface area contributed by atoms with Gasteiger partial charge in [-0.2, -0.15) is 0 Å². The third kappa shape index (κ3) is 1.60. The van der Waals surface area contributed by atoms with Crippen LogP contribution in [0.4, 0.5) is 0 Å². The van der Waals surface area contributed by atoms with Gasteiger partial charge in [-0.05, 0) is 31.6 Å². The van der Waals surface area contributed by atoms with Gasteiger partial charge in [-0.15, -0.1) is 0 Å². The number of ketones is 1. The molecule has 78 valence electrons. The van der Waals surface area contributed by atoms with E-state index in [-0.39, 0.29) is 0 Å². The van der Waals surface area contributed by atoms with Crippen LogP contribution in [0, 0.1) is 5.92 Å². The van der Waals surface area contributed by atoms with Gasteiger partial charge in [-0.25, -0.2) is 0 Å². The van der Waals surface area contributed by atoms with E-state index in [0.29, 0.717) is 17.9 Å². The lowest BCUT2D eigenvalue weighted by molar-refractivity contribution is -0.127. The normalized spacial score (nSPS) is 38.7. The Bertz CT molecular complexity index is 231. The molecule has 3 fully saturated rings. The summed E-state index contributed by atoms with van der Waals surface area (Å²) in [5.74, 6) is 1.50. The van der Waals surface area contributed by atoms with Crippen LogP contribution in [0.15, 0.2) is 0 Å². The monoisotopic (exact) mass is 193 g/mol. The Hall–Kier alpha value is -0.370. The molecule has 2 heteroatoms. The Balaban J connectivity index is 1.71. The maximum Gasteiger partial charge on any atom is 0.136 e. The van der Waals surface area contributed by atoms with E-state index in [1.807, 2.05) is 0 Å². The summed E-state index contributed by atoms with van der Waals surface area (Å²) in [4.78, 5) is 14.2. The van der Waals surface area contributed by atoms with Crippen molar-refractivity contribution in [1.29, 1.82) is 0 Å². The van der Waals surface area contributed by atoms with E-state index >= 15 is 0 Å². The van der Waals surface area contributed by atoms with Crippen LogP contribution >= 0.6 is 0 Å². The molecule has 2 heterocycles. The second-order valence-corrected chi connectivity index (χ2v) is 5.33. The van der Waals surface area contributed by atoms with Crippen LogP contribution in [0.1, 0.15) is 44.9 Å². The zero-order chi connectivity index (χ0) is 9.54. The van der Waals surface area contributed by atoms with Gasteiger partial charge >= 0.3 is 0 Å². The maximum atomic E-state index is 11.5. The summed E-state index contributed by atoms with van der Waals surface area (Å²) in [6, 6.07) is 1.24. The highest BCUT2D eigenvalue weighted by atomic mass is 16.1. The molecule has 0 amide bonds. The standard InChI is InChI=1S/C12H19NO/c14-12-6-10-2-1-3-11(7-12)13(10)8-9-4-5-9/h9-11H,1-8H2/t10-,11-/m1/s1. The number of carbonyl (C=O) groups is 1. The minimum Gasteiger partial charge on any atom is -0.300 e. The van der Waals surface area contributed by atoms with E-state index in [2.05, 4.69) is 4.90 Å². The molecule has 0 aromatic heterocycles. The zero-order valence-electron chi connectivity index (χ0n) is 8.74. The summed E-state index contributed by atoms with van der Waals surface area (Å²) >= 11 is 0. The van der Waals surface area contributed by atoms with E-state index < -0.39 is 0 Å². The van der Waals surface area contributed by atoms with Crippen molar-refractivity contribution in [3.05, 3.63) is 0 Å². The Kier molecular flexibility index (Phi) is 2.12. The molecule has 0 aromatic carbocycles. The van der Waals surface area contributed by atoms with Crippen LogP contribution in [0.25, 0.3) is 0 Å². The number of hydrogen-bond acceptors (Lipinski definition) is 2. The first-order chi connectivity index (χ1) is 6.83. The highest BCUT2D eigenvalue weighted by molar-refractivity contribution is 5.80. The van der Waals surface area contributed by atoms with Crippen LogP contribution in [0.5, 0.6) is 0 Å². The largest absolute Gasteiger partial charge is 0.300 e. The molecule has 1 aliphatic carbocycles. The Morgan fingerprint density at radius 1 is 1.07 bits per heavy atom. The molecule has 2 nitrogen and oxygen atoms in total. The minimum absolute atomic E-state index is 0.520. The van der Waals surface area contributed by atoms with Crippen molar-refractivity contribution in [2.45, 2.75) is 57.0 Å². The number of nitrogens with zero attached hydrogens (tertiary/aromatic N) is 1. The molecule has 0 radical (unpaired) electrons. The topological polar surface area (TPSA) is 20.3 Å². The lowest BCUT2D eigenvalue weighted by atomic mass is 9.83. The van der Waals surface area contributed by atoms with E-state index in [0.717, 1.165) is 18.8 Å². The molecule has 0 spiro atoms. The average Bonchev–Trinajstić information content (AvgIpc) is 2.90. The Labute approximate surface area is 85.7 Å². The van der Waals surface area contributed by atoms with Gasteiger partial charge in [0.15, 0.2) is 0 Å². The summed E-state index contributed by atoms with van der Waals surface area (Å²) < 4.78 is 0. The summed E-state index contributed by atoms with van der Waals surface area (Å²) in [7, 11) is 0. The first-order valence-corrected chi connectivity index (χ1v) is 6.10. The second kappa shape index (κ2) is 3.34. The van der Waals surface area contributed by atoms with E-state index in [1.54, 1.807) is 0 Å². The molecule has 0 N–H and O–H groups in total. The van der Waals surface area contributed by atoms with Crippen molar-refractivity contribution in [1.82, 2.24) is 4.90 Å². The SMILES string of the molecule is O=C1C[C@H]2CCC[C@H](C1)N2CC1CC1. The fourth-order valence-corrected chi connectivity index (χ4v) is 3.16. The van der Waals surface area contributed by atoms with E-state index in [4.69, 9.17) is 0 Å². The fourth-order valence-electron chi connectivity index (χ4n) is 3.16. The number of rotatable bonds is 2. The molecule has 3 aliphatic rings. The number of hydrogen-bond donors (Lipinski definition) is 0. The van der Waals surface area contributed by atoms with Crippen LogP contribution in [-0.2, 0) is 4.79 Å². The van der Waals surface area contributed by atoms with Gasteiger partial charge < -0.3 is 0 Å². The van der Waals surface area contributed by atoms with Gasteiger partial charge in [0.2, 0.25) is 0 Å². The first-order valence-electron chi connectivity index (χ1n) is 6.10. The molecule has 14 heavy (non-hydrogen) atoms. The molecule has 2 saturated heterocycles. The Morgan fingerprint density at radius 2 is 1.71 bits per heavy atom. The molecule has 0 unspecified atom stereocenters. The summed E-state index contributed by atoms with van der Waals surface area (Å²) in [5.41, 5.74) is 0. The van der Waals surface area contributed by atoms with Crippen LogP contribution in [0.2, 0.25) is 0 Å². The van der Waals surface area contributed by atoms with Crippen molar-refractivity contribution < 1.29 is 4.79 Å². The van der Waals surface area contributed by atoms with Crippen molar-refractivity contribution in [2.24, 2.45) is 5.92 Å². The average molecular weight is 193 g/mol. The number of piperidine rings is 2. The predicted octanol–water partition coefficient (Wildman–Crippen LogP) is 1.98. The third-order valence-corrected chi connectivity index (χ3v) is 4.11. The van der Waals surface area contributed by atoms with E-state index in [9.17, 15) is 4.79 Å². The van der Waals surface area contributed by atoms with Crippen LogP contribution in [-0.4, -0.2) is 29.3 Å². The number of Topliss-reactive ketones (excluding diaryl/α,β-unsaturated/α-hetero) is 1. The second-order valence-electron chi connectivity index (χ2n) is 5.33. The number of carbonyl (C=O) groups excluding carboxylic acids is 1. The lowest BCUT2D eigenvalue weighted by Gasteiger charge is -2.45. The highest BCUT2D eigenvalue weighted by Gasteiger charge is 2.39. The van der Waals surface area contributed by atoms with Gasteiger partial charge in [0.25, 0.3) is 0 Å². The predicted molar refractivity (Wildman–Crippen MR) is 55.1 cm³/mol. The van der Waals surface area contributed by atoms with Gasteiger partial charge in [0.1, 0.15) is 5.78 Å². The molecule has 0 aromatic rings. The third-order valence-electron chi connectivity index (χ3n) is 4.11. The molecular formula is C12H19NO. The number of fused-ring (bicyclic) bond motifs is 2. The fraction of sp³-hybridized carbons (Fsp3) is 0.917. The van der Waals surface area contributed by atoms with Crippen LogP contribution < -0.4 is 0 Å². The molecule has 2 atom stereocenters. The summed E-state index contributed by atoms with van der Waals surface area (Å²) in [6.45, 7) is 1.29. The highest BCUT2D eigenvalue weighted by Crippen LogP contribution is 2.37. The zero-order valence-corrected chi connectivity index (χ0v) is 8.74. The van der Waals surface area contributed by atoms with Crippen molar-refractivity contribution >= 4 is 5.78 Å². The first kappa shape index (κ1) is 8.90. The lowest BCUT2D eigenvalue weighted by Crippen LogP contribution is -2.52. The molecule has 1 saturated carbocycles. The van der Waals surface area contributed by atoms with Crippen molar-refractivity contribution in [3.8, 4) is 0 Å². The summed E-state index contributed by atoms with van der Waals surface area (Å²) in [5, 5.41) is 0.